The summed E-state index contributed by atoms with van der Waals surface area (Å²) in [5, 5.41) is 27.9. The first-order valence-electron chi connectivity index (χ1n) is 2.63. The summed E-state index contributed by atoms with van der Waals surface area (Å²) >= 11 is 0. The van der Waals surface area contributed by atoms with Crippen LogP contribution in [0.4, 0.5) is 0 Å². The van der Waals surface area contributed by atoms with Gasteiger partial charge in [0, 0.05) is 5.97 Å². The second kappa shape index (κ2) is 9.98. The topological polar surface area (TPSA) is 100 Å². The van der Waals surface area contributed by atoms with Crippen LogP contribution in [0.1, 0.15) is 12.8 Å². The summed E-state index contributed by atoms with van der Waals surface area (Å²) in [6, 6.07) is 0. The van der Waals surface area contributed by atoms with Gasteiger partial charge in [0.15, 0.2) is 0 Å². The summed E-state index contributed by atoms with van der Waals surface area (Å²) < 4.78 is 0. The van der Waals surface area contributed by atoms with Gasteiger partial charge >= 0.3 is 59.1 Å². The Morgan fingerprint density at radius 2 is 1.67 bits per heavy atom. The Morgan fingerprint density at radius 1 is 1.25 bits per heavy atom. The van der Waals surface area contributed by atoms with Gasteiger partial charge in [-0.05, 0) is 12.8 Å². The molecule has 0 radical (unpaired) electrons. The average molecular weight is 192 g/mol. The number of carboxylic acid groups (broad SMARTS) is 2. The fraction of sp³-hybridized carbons (Fsp3) is 0.600. The molecule has 0 saturated heterocycles. The van der Waals surface area contributed by atoms with Crippen LogP contribution in [-0.4, -0.2) is 23.1 Å². The van der Waals surface area contributed by atoms with Gasteiger partial charge in [0.1, 0.15) is 0 Å². The molecule has 0 heterocycles. The van der Waals surface area contributed by atoms with Crippen LogP contribution in [0, 0.1) is 0 Å². The normalized spacial score (nSPS) is 10.4. The monoisotopic (exact) mass is 192 g/mol. The minimum Gasteiger partial charge on any atom is -0.550 e. The second-order valence-electron chi connectivity index (χ2n) is 1.75. The zero-order chi connectivity index (χ0) is 8.15. The van der Waals surface area contributed by atoms with E-state index in [4.69, 9.17) is 5.11 Å². The van der Waals surface area contributed by atoms with Gasteiger partial charge < -0.3 is 24.9 Å². The van der Waals surface area contributed by atoms with Crippen molar-refractivity contribution in [3.8, 4) is 0 Å². The van der Waals surface area contributed by atoms with Gasteiger partial charge in [0.2, 0.25) is 0 Å². The fourth-order valence-corrected chi connectivity index (χ4v) is 0.372. The van der Waals surface area contributed by atoms with Crippen molar-refractivity contribution in [2.45, 2.75) is 18.9 Å². The maximum atomic E-state index is 9.74. The van der Waals surface area contributed by atoms with Crippen molar-refractivity contribution in [2.75, 3.05) is 0 Å². The van der Waals surface area contributed by atoms with Gasteiger partial charge in [0.25, 0.3) is 0 Å². The SMILES string of the molecule is O=C([O-])CC[C@@H](O)C(=O)[O-].[Na+].[Na+]. The van der Waals surface area contributed by atoms with Gasteiger partial charge in [-0.25, -0.2) is 0 Å². The van der Waals surface area contributed by atoms with Crippen molar-refractivity contribution in [3.63, 3.8) is 0 Å². The van der Waals surface area contributed by atoms with E-state index in [1.165, 1.54) is 0 Å². The molecule has 1 atom stereocenters. The summed E-state index contributed by atoms with van der Waals surface area (Å²) in [4.78, 5) is 19.4. The van der Waals surface area contributed by atoms with E-state index < -0.39 is 24.5 Å². The van der Waals surface area contributed by atoms with Gasteiger partial charge in [-0.1, -0.05) is 0 Å². The first-order chi connectivity index (χ1) is 4.54. The molecule has 0 aromatic rings. The summed E-state index contributed by atoms with van der Waals surface area (Å²) in [6.07, 6.45) is -2.56. The van der Waals surface area contributed by atoms with Crippen molar-refractivity contribution in [3.05, 3.63) is 0 Å². The number of aliphatic hydroxyl groups excluding tert-OH is 1. The Balaban J connectivity index is -0.000000405. The zero-order valence-electron chi connectivity index (χ0n) is 7.07. The van der Waals surface area contributed by atoms with E-state index in [0.29, 0.717) is 0 Å². The molecule has 58 valence electrons. The number of hydrogen-bond acceptors (Lipinski definition) is 5. The molecule has 0 aromatic heterocycles. The standard InChI is InChI=1S/C5H8O5.2Na/c6-3(5(9)10)1-2-4(7)8;;/h3,6H,1-2H2,(H,7,8)(H,9,10);;/q;2*+1/p-2/t3-;;/m1../s1. The van der Waals surface area contributed by atoms with Gasteiger partial charge in [0.05, 0.1) is 12.1 Å². The molecule has 12 heavy (non-hydrogen) atoms. The quantitative estimate of drug-likeness (QED) is 0.446. The van der Waals surface area contributed by atoms with Crippen LogP contribution in [0.15, 0.2) is 0 Å². The molecule has 0 aromatic carbocycles. The van der Waals surface area contributed by atoms with Crippen molar-refractivity contribution in [1.82, 2.24) is 0 Å². The van der Waals surface area contributed by atoms with Crippen LogP contribution in [0.5, 0.6) is 0 Å². The zero-order valence-corrected chi connectivity index (χ0v) is 11.1. The Morgan fingerprint density at radius 3 is 1.92 bits per heavy atom. The maximum absolute atomic E-state index is 9.74. The largest absolute Gasteiger partial charge is 1.00 e. The van der Waals surface area contributed by atoms with E-state index in [1.807, 2.05) is 0 Å². The number of carbonyl (C=O) groups is 2. The third-order valence-corrected chi connectivity index (χ3v) is 0.894. The molecule has 0 aliphatic heterocycles. The second-order valence-corrected chi connectivity index (χ2v) is 1.75. The number of carboxylic acids is 2. The van der Waals surface area contributed by atoms with Crippen LogP contribution >= 0.6 is 0 Å². The third-order valence-electron chi connectivity index (χ3n) is 0.894. The smallest absolute Gasteiger partial charge is 0.550 e. The van der Waals surface area contributed by atoms with Crippen LogP contribution in [0.3, 0.4) is 0 Å². The number of hydrogen-bond donors (Lipinski definition) is 1. The van der Waals surface area contributed by atoms with Gasteiger partial charge in [-0.15, -0.1) is 0 Å². The molecule has 0 bridgehead atoms. The number of rotatable bonds is 4. The van der Waals surface area contributed by atoms with Gasteiger partial charge in [-0.3, -0.25) is 0 Å². The molecule has 0 fully saturated rings. The molecular weight excluding hydrogens is 186 g/mol. The Bertz CT molecular complexity index is 149. The molecule has 0 aliphatic rings. The Kier molecular flexibility index (Phi) is 15.5. The molecular formula is C5H6Na2O5. The summed E-state index contributed by atoms with van der Waals surface area (Å²) in [6.45, 7) is 0. The van der Waals surface area contributed by atoms with Crippen LogP contribution < -0.4 is 69.3 Å². The molecule has 0 spiro atoms. The van der Waals surface area contributed by atoms with E-state index in [-0.39, 0.29) is 65.5 Å². The third kappa shape index (κ3) is 10.9. The maximum Gasteiger partial charge on any atom is 1.00 e. The Labute approximate surface area is 114 Å². The Hall–Kier alpha value is 0.900. The van der Waals surface area contributed by atoms with E-state index in [2.05, 4.69) is 0 Å². The van der Waals surface area contributed by atoms with Crippen molar-refractivity contribution in [1.29, 1.82) is 0 Å². The minimum atomic E-state index is -1.71. The molecule has 0 rings (SSSR count). The fourth-order valence-electron chi connectivity index (χ4n) is 0.372. The molecule has 0 amide bonds. The molecule has 7 heteroatoms. The number of aliphatic hydroxyl groups is 1. The summed E-state index contributed by atoms with van der Waals surface area (Å²) in [7, 11) is 0. The number of carbonyl (C=O) groups excluding carboxylic acids is 2. The molecule has 1 N–H and O–H groups in total. The summed E-state index contributed by atoms with van der Waals surface area (Å²) in [5.74, 6) is -3.05. The number of aliphatic carboxylic acids is 2. The van der Waals surface area contributed by atoms with Crippen LogP contribution in [-0.2, 0) is 9.59 Å². The molecule has 0 unspecified atom stereocenters. The molecule has 0 aliphatic carbocycles. The summed E-state index contributed by atoms with van der Waals surface area (Å²) in [5.41, 5.74) is 0. The van der Waals surface area contributed by atoms with Crippen LogP contribution in [0.25, 0.3) is 0 Å². The van der Waals surface area contributed by atoms with E-state index >= 15 is 0 Å². The predicted molar refractivity (Wildman–Crippen MR) is 25.3 cm³/mol. The molecule has 5 nitrogen and oxygen atoms in total. The van der Waals surface area contributed by atoms with Crippen LogP contribution in [0.2, 0.25) is 0 Å². The van der Waals surface area contributed by atoms with Crippen molar-refractivity contribution >= 4 is 11.9 Å². The molecule has 0 saturated carbocycles. The predicted octanol–water partition coefficient (Wildman–Crippen LogP) is -9.36. The van der Waals surface area contributed by atoms with Crippen molar-refractivity contribution < 1.29 is 84.0 Å². The first kappa shape index (κ1) is 18.6. The van der Waals surface area contributed by atoms with E-state index in [1.54, 1.807) is 0 Å². The average Bonchev–Trinajstić information content (AvgIpc) is 1.82. The van der Waals surface area contributed by atoms with E-state index in [9.17, 15) is 19.8 Å². The first-order valence-corrected chi connectivity index (χ1v) is 2.63. The van der Waals surface area contributed by atoms with Gasteiger partial charge in [-0.2, -0.15) is 0 Å². The van der Waals surface area contributed by atoms with Crippen molar-refractivity contribution in [2.24, 2.45) is 0 Å². The van der Waals surface area contributed by atoms with E-state index in [0.717, 1.165) is 0 Å². The minimum absolute atomic E-state index is 0.